The lowest BCUT2D eigenvalue weighted by Gasteiger charge is -2.55. The molecule has 176 valence electrons. The smallest absolute Gasteiger partial charge is 0.226 e. The number of carbonyl (C=O) groups is 2. The van der Waals surface area contributed by atoms with Crippen molar-refractivity contribution in [2.45, 2.75) is 76.5 Å². The highest BCUT2D eigenvalue weighted by atomic mass is 32.2. The molecule has 6 rings (SSSR count). The number of unbranched alkanes of at least 4 members (excludes halogenated alkanes) is 1. The molecular formula is C26H34N4O2S. The van der Waals surface area contributed by atoms with E-state index in [9.17, 15) is 9.59 Å². The van der Waals surface area contributed by atoms with Gasteiger partial charge in [-0.15, -0.1) is 10.2 Å². The van der Waals surface area contributed by atoms with Gasteiger partial charge in [-0.3, -0.25) is 9.59 Å². The van der Waals surface area contributed by atoms with Crippen molar-refractivity contribution in [3.63, 3.8) is 0 Å². The fourth-order valence-corrected chi connectivity index (χ4v) is 7.55. The Morgan fingerprint density at radius 2 is 1.73 bits per heavy atom. The molecule has 7 heteroatoms. The molecule has 2 aromatic rings. The molecule has 0 spiro atoms. The number of nitrogens with one attached hydrogen (secondary N) is 1. The average Bonchev–Trinajstić information content (AvgIpc) is 3.20. The lowest BCUT2D eigenvalue weighted by Crippen LogP contribution is -2.53. The molecule has 0 aliphatic heterocycles. The van der Waals surface area contributed by atoms with Gasteiger partial charge in [0, 0.05) is 17.5 Å². The molecule has 6 nitrogen and oxygen atoms in total. The van der Waals surface area contributed by atoms with Gasteiger partial charge in [-0.25, -0.2) is 0 Å². The Balaban J connectivity index is 1.24. The molecule has 33 heavy (non-hydrogen) atoms. The van der Waals surface area contributed by atoms with Gasteiger partial charge in [-0.2, -0.15) is 0 Å². The van der Waals surface area contributed by atoms with Crippen LogP contribution in [0.1, 0.15) is 74.5 Å². The summed E-state index contributed by atoms with van der Waals surface area (Å²) in [7, 11) is 0. The maximum absolute atomic E-state index is 13.4. The van der Waals surface area contributed by atoms with Crippen LogP contribution >= 0.6 is 11.8 Å². The molecule has 4 fully saturated rings. The fourth-order valence-electron chi connectivity index (χ4n) is 6.67. The van der Waals surface area contributed by atoms with E-state index in [1.165, 1.54) is 31.0 Å². The van der Waals surface area contributed by atoms with E-state index in [1.54, 1.807) is 0 Å². The molecule has 0 radical (unpaired) electrons. The Morgan fingerprint density at radius 3 is 2.36 bits per heavy atom. The number of ketones is 1. The van der Waals surface area contributed by atoms with Crippen molar-refractivity contribution >= 4 is 23.5 Å². The van der Waals surface area contributed by atoms with Gasteiger partial charge in [0.1, 0.15) is 0 Å². The summed E-state index contributed by atoms with van der Waals surface area (Å²) in [5.74, 6) is 3.67. The largest absolute Gasteiger partial charge is 0.348 e. The number of hydrogen-bond acceptors (Lipinski definition) is 5. The first-order valence-electron chi connectivity index (χ1n) is 12.5. The van der Waals surface area contributed by atoms with E-state index in [0.717, 1.165) is 67.4 Å². The van der Waals surface area contributed by atoms with Crippen molar-refractivity contribution < 1.29 is 9.59 Å². The van der Waals surface area contributed by atoms with Crippen LogP contribution in [-0.2, 0) is 17.9 Å². The lowest BCUT2D eigenvalue weighted by atomic mass is 9.49. The number of benzene rings is 1. The van der Waals surface area contributed by atoms with E-state index in [2.05, 4.69) is 27.0 Å². The molecule has 4 aliphatic carbocycles. The highest BCUT2D eigenvalue weighted by Crippen LogP contribution is 2.60. The summed E-state index contributed by atoms with van der Waals surface area (Å²) < 4.78 is 2.09. The number of carbonyl (C=O) groups excluding carboxylic acids is 2. The molecule has 1 N–H and O–H groups in total. The summed E-state index contributed by atoms with van der Waals surface area (Å²) in [6.45, 7) is 3.36. The zero-order chi connectivity index (χ0) is 22.8. The molecule has 0 unspecified atom stereocenters. The normalized spacial score (nSPS) is 27.6. The van der Waals surface area contributed by atoms with Crippen LogP contribution in [0.4, 0.5) is 0 Å². The summed E-state index contributed by atoms with van der Waals surface area (Å²) in [4.78, 5) is 25.9. The van der Waals surface area contributed by atoms with E-state index in [0.29, 0.717) is 17.9 Å². The zero-order valence-corrected chi connectivity index (χ0v) is 20.3. The molecule has 4 aliphatic rings. The molecule has 1 heterocycles. The highest BCUT2D eigenvalue weighted by molar-refractivity contribution is 7.99. The zero-order valence-electron chi connectivity index (χ0n) is 19.5. The predicted octanol–water partition coefficient (Wildman–Crippen LogP) is 4.89. The Morgan fingerprint density at radius 1 is 1.06 bits per heavy atom. The number of Topliss-reactive ketones (excluding diaryl/α,β-unsaturated/α-hetero) is 1. The van der Waals surface area contributed by atoms with Crippen molar-refractivity contribution in [3.8, 4) is 0 Å². The van der Waals surface area contributed by atoms with E-state index in [4.69, 9.17) is 0 Å². The number of nitrogens with zero attached hydrogens (tertiary/aromatic N) is 3. The minimum absolute atomic E-state index is 0.0855. The van der Waals surface area contributed by atoms with Crippen molar-refractivity contribution in [1.29, 1.82) is 0 Å². The van der Waals surface area contributed by atoms with Crippen LogP contribution in [0, 0.1) is 23.2 Å². The molecular weight excluding hydrogens is 432 g/mol. The molecule has 1 amide bonds. The first-order valence-corrected chi connectivity index (χ1v) is 13.5. The topological polar surface area (TPSA) is 76.9 Å². The van der Waals surface area contributed by atoms with Crippen LogP contribution in [0.15, 0.2) is 35.5 Å². The second-order valence-corrected chi connectivity index (χ2v) is 11.3. The SMILES string of the molecule is CCCCn1c(CNC(=O)C23CC4CC(CC(C4)C2)C3)nnc1SCC(=O)c1ccccc1. The van der Waals surface area contributed by atoms with E-state index < -0.39 is 0 Å². The average molecular weight is 467 g/mol. The molecule has 4 bridgehead atoms. The van der Waals surface area contributed by atoms with E-state index >= 15 is 0 Å². The predicted molar refractivity (Wildman–Crippen MR) is 129 cm³/mol. The third-order valence-electron chi connectivity index (χ3n) is 7.88. The summed E-state index contributed by atoms with van der Waals surface area (Å²) in [5, 5.41) is 12.8. The van der Waals surface area contributed by atoms with Gasteiger partial charge >= 0.3 is 0 Å². The van der Waals surface area contributed by atoms with Gasteiger partial charge in [0.2, 0.25) is 5.91 Å². The minimum atomic E-state index is -0.150. The van der Waals surface area contributed by atoms with Gasteiger partial charge < -0.3 is 9.88 Å². The molecule has 0 atom stereocenters. The molecule has 0 saturated heterocycles. The third-order valence-corrected chi connectivity index (χ3v) is 8.85. The first kappa shape index (κ1) is 22.6. The number of rotatable bonds is 10. The number of amides is 1. The van der Waals surface area contributed by atoms with Crippen LogP contribution in [0.2, 0.25) is 0 Å². The fraction of sp³-hybridized carbons (Fsp3) is 0.615. The standard InChI is InChI=1S/C26H34N4O2S/c1-2-3-9-30-23(28-29-25(30)33-17-22(31)21-7-5-4-6-8-21)16-27-24(32)26-13-18-10-19(14-26)12-20(11-18)15-26/h4-8,18-20H,2-3,9-17H2,1H3,(H,27,32). The minimum Gasteiger partial charge on any atom is -0.348 e. The maximum Gasteiger partial charge on any atom is 0.226 e. The van der Waals surface area contributed by atoms with Gasteiger partial charge in [-0.05, 0) is 62.7 Å². The number of aromatic nitrogens is 3. The summed E-state index contributed by atoms with van der Waals surface area (Å²) in [6.07, 6.45) is 9.26. The Labute approximate surface area is 200 Å². The molecule has 1 aromatic carbocycles. The number of thioether (sulfide) groups is 1. The van der Waals surface area contributed by atoms with Gasteiger partial charge in [-0.1, -0.05) is 55.4 Å². The molecule has 1 aromatic heterocycles. The lowest BCUT2D eigenvalue weighted by molar-refractivity contribution is -0.146. The van der Waals surface area contributed by atoms with Crippen LogP contribution < -0.4 is 5.32 Å². The quantitative estimate of drug-likeness (QED) is 0.399. The van der Waals surface area contributed by atoms with Gasteiger partial charge in [0.05, 0.1) is 12.3 Å². The van der Waals surface area contributed by atoms with Crippen LogP contribution in [0.25, 0.3) is 0 Å². The van der Waals surface area contributed by atoms with Crippen LogP contribution in [0.5, 0.6) is 0 Å². The highest BCUT2D eigenvalue weighted by Gasteiger charge is 2.54. The van der Waals surface area contributed by atoms with Crippen molar-refractivity contribution in [3.05, 3.63) is 41.7 Å². The summed E-state index contributed by atoms with van der Waals surface area (Å²) >= 11 is 1.43. The second kappa shape index (κ2) is 9.61. The summed E-state index contributed by atoms with van der Waals surface area (Å²) in [6, 6.07) is 9.36. The van der Waals surface area contributed by atoms with Crippen molar-refractivity contribution in [2.24, 2.45) is 23.2 Å². The Hall–Kier alpha value is -2.15. The van der Waals surface area contributed by atoms with Crippen molar-refractivity contribution in [1.82, 2.24) is 20.1 Å². The van der Waals surface area contributed by atoms with Gasteiger partial charge in [0.25, 0.3) is 0 Å². The third kappa shape index (κ3) is 4.75. The second-order valence-electron chi connectivity index (χ2n) is 10.4. The summed E-state index contributed by atoms with van der Waals surface area (Å²) in [5.41, 5.74) is 0.565. The van der Waals surface area contributed by atoms with E-state index in [1.807, 2.05) is 30.3 Å². The monoisotopic (exact) mass is 466 g/mol. The first-order chi connectivity index (χ1) is 16.1. The molecule has 4 saturated carbocycles. The van der Waals surface area contributed by atoms with Gasteiger partial charge in [0.15, 0.2) is 16.8 Å². The Bertz CT molecular complexity index is 968. The van der Waals surface area contributed by atoms with Crippen molar-refractivity contribution in [2.75, 3.05) is 5.75 Å². The van der Waals surface area contributed by atoms with Crippen LogP contribution in [-0.4, -0.2) is 32.2 Å². The van der Waals surface area contributed by atoms with Crippen LogP contribution in [0.3, 0.4) is 0 Å². The van der Waals surface area contributed by atoms with E-state index in [-0.39, 0.29) is 17.1 Å². The maximum atomic E-state index is 13.4. The number of hydrogen-bond donors (Lipinski definition) is 1. The Kier molecular flexibility index (Phi) is 6.59.